The van der Waals surface area contributed by atoms with E-state index in [0.717, 1.165) is 5.56 Å². The van der Waals surface area contributed by atoms with E-state index in [0.29, 0.717) is 12.1 Å². The molecule has 0 bridgehead atoms. The van der Waals surface area contributed by atoms with Gasteiger partial charge in [-0.2, -0.15) is 5.10 Å². The van der Waals surface area contributed by atoms with E-state index < -0.39 is 12.0 Å². The lowest BCUT2D eigenvalue weighted by Gasteiger charge is -2.21. The van der Waals surface area contributed by atoms with Crippen molar-refractivity contribution < 1.29 is 14.7 Å². The maximum Gasteiger partial charge on any atom is 0.327 e. The Kier molecular flexibility index (Phi) is 2.78. The average molecular weight is 271 g/mol. The van der Waals surface area contributed by atoms with Crippen molar-refractivity contribution in [2.45, 2.75) is 12.5 Å². The van der Waals surface area contributed by atoms with E-state index in [1.54, 1.807) is 31.4 Å². The second-order valence-corrected chi connectivity index (χ2v) is 4.74. The number of carboxylic acid groups (broad SMARTS) is 1. The first kappa shape index (κ1) is 12.4. The number of fused-ring (bicyclic) bond motifs is 1. The van der Waals surface area contributed by atoms with Gasteiger partial charge < -0.3 is 5.11 Å². The lowest BCUT2D eigenvalue weighted by atomic mass is 10.1. The zero-order valence-electron chi connectivity index (χ0n) is 10.9. The van der Waals surface area contributed by atoms with E-state index in [9.17, 15) is 14.7 Å². The highest BCUT2D eigenvalue weighted by Crippen LogP contribution is 2.33. The topological polar surface area (TPSA) is 75.4 Å². The molecule has 3 rings (SSSR count). The highest BCUT2D eigenvalue weighted by atomic mass is 16.4. The van der Waals surface area contributed by atoms with Gasteiger partial charge in [-0.15, -0.1) is 0 Å². The minimum atomic E-state index is -1.01. The molecule has 0 aliphatic carbocycles. The Labute approximate surface area is 115 Å². The number of carbonyl (C=O) groups is 2. The molecule has 0 saturated heterocycles. The van der Waals surface area contributed by atoms with Gasteiger partial charge in [0.05, 0.1) is 0 Å². The Morgan fingerprint density at radius 2 is 2.05 bits per heavy atom. The molecular formula is C14H13N3O3. The summed E-state index contributed by atoms with van der Waals surface area (Å²) in [5.41, 5.74) is 1.76. The second kappa shape index (κ2) is 4.48. The fourth-order valence-corrected chi connectivity index (χ4v) is 2.49. The molecule has 1 unspecified atom stereocenters. The van der Waals surface area contributed by atoms with Gasteiger partial charge in [-0.3, -0.25) is 14.4 Å². The summed E-state index contributed by atoms with van der Waals surface area (Å²) in [6.07, 6.45) is 1.98. The van der Waals surface area contributed by atoms with Gasteiger partial charge in [0.25, 0.3) is 5.91 Å². The number of benzene rings is 1. The molecule has 6 nitrogen and oxygen atoms in total. The maximum absolute atomic E-state index is 12.5. The number of aliphatic carboxylic acids is 1. The summed E-state index contributed by atoms with van der Waals surface area (Å²) in [6, 6.07) is 7.95. The third-order valence-corrected chi connectivity index (χ3v) is 3.41. The van der Waals surface area contributed by atoms with Crippen LogP contribution in [-0.4, -0.2) is 32.8 Å². The normalized spacial score (nSPS) is 17.1. The number of carbonyl (C=O) groups excluding carboxylic acids is 1. The van der Waals surface area contributed by atoms with Crippen LogP contribution in [0.1, 0.15) is 16.1 Å². The van der Waals surface area contributed by atoms with Gasteiger partial charge in [0.15, 0.2) is 5.69 Å². The smallest absolute Gasteiger partial charge is 0.327 e. The number of anilines is 1. The van der Waals surface area contributed by atoms with Crippen LogP contribution in [0, 0.1) is 0 Å². The second-order valence-electron chi connectivity index (χ2n) is 4.74. The third kappa shape index (κ3) is 1.85. The van der Waals surface area contributed by atoms with Crippen molar-refractivity contribution in [3.63, 3.8) is 0 Å². The number of amides is 1. The van der Waals surface area contributed by atoms with E-state index >= 15 is 0 Å². The minimum Gasteiger partial charge on any atom is -0.480 e. The first-order chi connectivity index (χ1) is 9.58. The van der Waals surface area contributed by atoms with Crippen LogP contribution in [0.4, 0.5) is 5.69 Å². The number of hydrogen-bond donors (Lipinski definition) is 1. The van der Waals surface area contributed by atoms with Crippen molar-refractivity contribution in [2.75, 3.05) is 4.90 Å². The summed E-state index contributed by atoms with van der Waals surface area (Å²) in [7, 11) is 1.71. The molecule has 102 valence electrons. The molecule has 2 heterocycles. The molecule has 1 aromatic heterocycles. The number of nitrogens with zero attached hydrogens (tertiary/aromatic N) is 3. The Morgan fingerprint density at radius 1 is 1.30 bits per heavy atom. The Morgan fingerprint density at radius 3 is 2.70 bits per heavy atom. The summed E-state index contributed by atoms with van der Waals surface area (Å²) in [5.74, 6) is -1.39. The van der Waals surface area contributed by atoms with Crippen molar-refractivity contribution in [1.29, 1.82) is 0 Å². The third-order valence-electron chi connectivity index (χ3n) is 3.41. The number of para-hydroxylation sites is 1. The number of aryl methyl sites for hydroxylation is 1. The van der Waals surface area contributed by atoms with Crippen LogP contribution in [0.25, 0.3) is 0 Å². The van der Waals surface area contributed by atoms with Crippen LogP contribution in [-0.2, 0) is 18.3 Å². The van der Waals surface area contributed by atoms with E-state index in [2.05, 4.69) is 5.10 Å². The molecule has 20 heavy (non-hydrogen) atoms. The van der Waals surface area contributed by atoms with Crippen LogP contribution in [0.2, 0.25) is 0 Å². The number of hydrogen-bond acceptors (Lipinski definition) is 3. The zero-order valence-corrected chi connectivity index (χ0v) is 10.9. The molecule has 1 N–H and O–H groups in total. The van der Waals surface area contributed by atoms with E-state index in [4.69, 9.17) is 0 Å². The number of aromatic nitrogens is 2. The monoisotopic (exact) mass is 271 g/mol. The standard InChI is InChI=1S/C14H13N3O3/c1-16-7-6-10(15-16)13(18)17-11-5-3-2-4-9(11)8-12(17)14(19)20/h2-7,12H,8H2,1H3,(H,19,20). The first-order valence-electron chi connectivity index (χ1n) is 6.22. The Balaban J connectivity index is 2.04. The van der Waals surface area contributed by atoms with Gasteiger partial charge in [0.2, 0.25) is 0 Å². The van der Waals surface area contributed by atoms with Crippen molar-refractivity contribution in [3.05, 3.63) is 47.8 Å². The summed E-state index contributed by atoms with van der Waals surface area (Å²) < 4.78 is 1.52. The summed E-state index contributed by atoms with van der Waals surface area (Å²) in [5, 5.41) is 13.4. The number of carboxylic acids is 1. The van der Waals surface area contributed by atoms with Crippen LogP contribution in [0.15, 0.2) is 36.5 Å². The van der Waals surface area contributed by atoms with Crippen LogP contribution >= 0.6 is 0 Å². The molecule has 1 aliphatic heterocycles. The molecule has 1 amide bonds. The van der Waals surface area contributed by atoms with Crippen molar-refractivity contribution in [1.82, 2.24) is 9.78 Å². The fourth-order valence-electron chi connectivity index (χ4n) is 2.49. The molecule has 0 saturated carbocycles. The minimum absolute atomic E-state index is 0.246. The van der Waals surface area contributed by atoms with Crippen LogP contribution in [0.5, 0.6) is 0 Å². The van der Waals surface area contributed by atoms with Gasteiger partial charge >= 0.3 is 5.97 Å². The van der Waals surface area contributed by atoms with E-state index in [1.807, 2.05) is 12.1 Å². The Bertz CT molecular complexity index is 692. The van der Waals surface area contributed by atoms with E-state index in [1.165, 1.54) is 9.58 Å². The fraction of sp³-hybridized carbons (Fsp3) is 0.214. The van der Waals surface area contributed by atoms with Gasteiger partial charge in [0.1, 0.15) is 6.04 Å². The molecule has 1 aliphatic rings. The van der Waals surface area contributed by atoms with Gasteiger partial charge in [-0.05, 0) is 17.7 Å². The van der Waals surface area contributed by atoms with Crippen molar-refractivity contribution in [2.24, 2.45) is 7.05 Å². The zero-order chi connectivity index (χ0) is 14.3. The maximum atomic E-state index is 12.5. The van der Waals surface area contributed by atoms with Crippen molar-refractivity contribution in [3.8, 4) is 0 Å². The van der Waals surface area contributed by atoms with Gasteiger partial charge in [-0.1, -0.05) is 18.2 Å². The predicted molar refractivity (Wildman–Crippen MR) is 71.6 cm³/mol. The highest BCUT2D eigenvalue weighted by molar-refractivity contribution is 6.09. The lowest BCUT2D eigenvalue weighted by Crippen LogP contribution is -2.43. The molecule has 0 spiro atoms. The Hall–Kier alpha value is -2.63. The summed E-state index contributed by atoms with van der Waals surface area (Å²) >= 11 is 0. The van der Waals surface area contributed by atoms with Crippen molar-refractivity contribution >= 4 is 17.6 Å². The lowest BCUT2D eigenvalue weighted by molar-refractivity contribution is -0.138. The quantitative estimate of drug-likeness (QED) is 0.886. The molecule has 0 radical (unpaired) electrons. The predicted octanol–water partition coefficient (Wildman–Crippen LogP) is 1.08. The molecular weight excluding hydrogens is 258 g/mol. The van der Waals surface area contributed by atoms with Gasteiger partial charge in [-0.25, -0.2) is 4.79 Å². The molecule has 6 heteroatoms. The van der Waals surface area contributed by atoms with Gasteiger partial charge in [0, 0.05) is 25.4 Å². The van der Waals surface area contributed by atoms with Crippen LogP contribution in [0.3, 0.4) is 0 Å². The molecule has 2 aromatic rings. The molecule has 1 aromatic carbocycles. The molecule has 1 atom stereocenters. The SMILES string of the molecule is Cn1ccc(C(=O)N2c3ccccc3CC2C(=O)O)n1. The summed E-state index contributed by atoms with van der Waals surface area (Å²) in [6.45, 7) is 0. The van der Waals surface area contributed by atoms with Crippen LogP contribution < -0.4 is 4.90 Å². The highest BCUT2D eigenvalue weighted by Gasteiger charge is 2.39. The van der Waals surface area contributed by atoms with E-state index in [-0.39, 0.29) is 11.6 Å². The largest absolute Gasteiger partial charge is 0.480 e. The average Bonchev–Trinajstić information content (AvgIpc) is 3.01. The first-order valence-corrected chi connectivity index (χ1v) is 6.22. The molecule has 0 fully saturated rings. The number of rotatable bonds is 2. The summed E-state index contributed by atoms with van der Waals surface area (Å²) in [4.78, 5) is 25.2.